The lowest BCUT2D eigenvalue weighted by Crippen LogP contribution is -2.30. The number of amides is 1. The molecule has 0 spiro atoms. The second-order valence-electron chi connectivity index (χ2n) is 11.6. The third-order valence-corrected chi connectivity index (χ3v) is 10.2. The zero-order valence-electron chi connectivity index (χ0n) is 25.7. The van der Waals surface area contributed by atoms with Gasteiger partial charge in [0.25, 0.3) is 5.91 Å². The minimum atomic E-state index is -0.636. The number of thioether (sulfide) groups is 1. The SMILES string of the molecule is C1CC2CC2C1.CCC1(c2cc(OC)c(Cl)cc2OC)CSC(NC(=O)c2cc3cc(C)cc(C)c3n2CC(=O)OC)=N1. The van der Waals surface area contributed by atoms with Gasteiger partial charge in [0.15, 0.2) is 5.17 Å². The number of benzene rings is 2. The van der Waals surface area contributed by atoms with Gasteiger partial charge in [0, 0.05) is 22.8 Å². The van der Waals surface area contributed by atoms with Crippen LogP contribution in [0.3, 0.4) is 0 Å². The lowest BCUT2D eigenvalue weighted by atomic mass is 9.89. The van der Waals surface area contributed by atoms with Gasteiger partial charge in [0.2, 0.25) is 0 Å². The maximum atomic E-state index is 13.5. The number of halogens is 1. The maximum Gasteiger partial charge on any atom is 0.325 e. The minimum absolute atomic E-state index is 0.0764. The molecule has 3 unspecified atom stereocenters. The Bertz CT molecular complexity index is 1580. The van der Waals surface area contributed by atoms with E-state index in [0.717, 1.165) is 27.6 Å². The van der Waals surface area contributed by atoms with Crippen LogP contribution in [0.4, 0.5) is 0 Å². The van der Waals surface area contributed by atoms with Crippen LogP contribution in [-0.4, -0.2) is 48.7 Å². The van der Waals surface area contributed by atoms with Gasteiger partial charge in [-0.3, -0.25) is 14.9 Å². The van der Waals surface area contributed by atoms with Crippen molar-refractivity contribution in [1.82, 2.24) is 9.88 Å². The zero-order chi connectivity index (χ0) is 30.9. The van der Waals surface area contributed by atoms with E-state index in [1.165, 1.54) is 37.1 Å². The van der Waals surface area contributed by atoms with E-state index >= 15 is 0 Å². The van der Waals surface area contributed by atoms with Crippen LogP contribution in [-0.2, 0) is 21.6 Å². The predicted molar refractivity (Wildman–Crippen MR) is 173 cm³/mol. The van der Waals surface area contributed by atoms with E-state index in [4.69, 9.17) is 30.8 Å². The molecule has 2 aromatic carbocycles. The van der Waals surface area contributed by atoms with Gasteiger partial charge >= 0.3 is 5.97 Å². The van der Waals surface area contributed by atoms with E-state index < -0.39 is 11.5 Å². The Hall–Kier alpha value is -3.17. The van der Waals surface area contributed by atoms with Crippen LogP contribution in [0.1, 0.15) is 66.2 Å². The Kier molecular flexibility index (Phi) is 9.32. The van der Waals surface area contributed by atoms with Crippen LogP contribution < -0.4 is 14.8 Å². The molecule has 2 saturated carbocycles. The van der Waals surface area contributed by atoms with Crippen LogP contribution >= 0.6 is 23.4 Å². The molecular weight excluding hydrogens is 586 g/mol. The molecule has 0 saturated heterocycles. The molecule has 2 heterocycles. The summed E-state index contributed by atoms with van der Waals surface area (Å²) in [5.74, 6) is 3.37. The third-order valence-electron chi connectivity index (χ3n) is 8.84. The number of fused-ring (bicyclic) bond motifs is 2. The number of hydrogen-bond acceptors (Lipinski definition) is 7. The molecule has 3 aliphatic rings. The van der Waals surface area contributed by atoms with Gasteiger partial charge in [0.05, 0.1) is 31.9 Å². The maximum absolute atomic E-state index is 13.5. The van der Waals surface area contributed by atoms with Crippen LogP contribution in [0.5, 0.6) is 11.5 Å². The number of aryl methyl sites for hydroxylation is 2. The van der Waals surface area contributed by atoms with Gasteiger partial charge in [-0.15, -0.1) is 0 Å². The molecule has 1 aliphatic heterocycles. The van der Waals surface area contributed by atoms with Crippen molar-refractivity contribution in [1.29, 1.82) is 0 Å². The summed E-state index contributed by atoms with van der Waals surface area (Å²) in [5.41, 5.74) is 3.42. The number of nitrogens with one attached hydrogen (secondary N) is 1. The van der Waals surface area contributed by atoms with Gasteiger partial charge in [0.1, 0.15) is 29.3 Å². The van der Waals surface area contributed by atoms with Crippen LogP contribution in [0, 0.1) is 25.7 Å². The zero-order valence-corrected chi connectivity index (χ0v) is 27.3. The summed E-state index contributed by atoms with van der Waals surface area (Å²) in [6.07, 6.45) is 6.91. The minimum Gasteiger partial charge on any atom is -0.496 e. The van der Waals surface area contributed by atoms with Crippen molar-refractivity contribution < 1.29 is 23.8 Å². The number of nitrogens with zero attached hydrogens (tertiary/aromatic N) is 2. The fourth-order valence-electron chi connectivity index (χ4n) is 6.43. The Morgan fingerprint density at radius 1 is 1.07 bits per heavy atom. The average Bonchev–Trinajstić information content (AvgIpc) is 3.30. The molecule has 3 aromatic rings. The highest BCUT2D eigenvalue weighted by atomic mass is 35.5. The van der Waals surface area contributed by atoms with E-state index in [1.54, 1.807) is 50.2 Å². The van der Waals surface area contributed by atoms with Crippen LogP contribution in [0.2, 0.25) is 5.02 Å². The summed E-state index contributed by atoms with van der Waals surface area (Å²) in [5, 5.41) is 4.78. The number of carbonyl (C=O) groups is 2. The average molecular weight is 626 g/mol. The fraction of sp³-hybridized carbons (Fsp3) is 0.485. The number of esters is 1. The summed E-state index contributed by atoms with van der Waals surface area (Å²) < 4.78 is 17.6. The molecule has 0 radical (unpaired) electrons. The first-order valence-corrected chi connectivity index (χ1v) is 16.1. The van der Waals surface area contributed by atoms with Gasteiger partial charge in [-0.1, -0.05) is 61.2 Å². The highest BCUT2D eigenvalue weighted by Crippen LogP contribution is 2.51. The molecule has 10 heteroatoms. The molecule has 0 bridgehead atoms. The number of carbonyl (C=O) groups excluding carboxylic acids is 2. The molecule has 8 nitrogen and oxygen atoms in total. The highest BCUT2D eigenvalue weighted by molar-refractivity contribution is 8.14. The topological polar surface area (TPSA) is 91.2 Å². The molecule has 2 fully saturated rings. The number of hydrogen-bond donors (Lipinski definition) is 1. The van der Waals surface area contributed by atoms with Crippen molar-refractivity contribution in [3.63, 3.8) is 0 Å². The number of amidine groups is 1. The molecule has 6 rings (SSSR count). The molecule has 230 valence electrons. The number of rotatable bonds is 7. The van der Waals surface area contributed by atoms with Gasteiger partial charge in [-0.25, -0.2) is 4.99 Å². The largest absolute Gasteiger partial charge is 0.496 e. The number of aliphatic imine (C=N–C) groups is 1. The lowest BCUT2D eigenvalue weighted by Gasteiger charge is -2.26. The van der Waals surface area contributed by atoms with Gasteiger partial charge < -0.3 is 18.8 Å². The standard InChI is InChI=1S/C27H30ClN3O5S.C6H10/c1-7-27(18-11-22(35-5)19(28)12-21(18)34-4)14-37-26(30-27)29-25(33)20-10-17-9-15(2)8-16(3)24(17)31(20)13-23(32)36-6;1-2-5-4-6(5)3-1/h8-12H,7,13-14H2,1-6H3,(H,29,30,33);5-6H,1-4H2. The van der Waals surface area contributed by atoms with Gasteiger partial charge in [-0.05, 0) is 62.3 Å². The number of methoxy groups -OCH3 is 3. The summed E-state index contributed by atoms with van der Waals surface area (Å²) in [4.78, 5) is 30.7. The molecule has 43 heavy (non-hydrogen) atoms. The van der Waals surface area contributed by atoms with Gasteiger partial charge in [-0.2, -0.15) is 0 Å². The van der Waals surface area contributed by atoms with Crippen molar-refractivity contribution in [2.75, 3.05) is 27.1 Å². The second-order valence-corrected chi connectivity index (χ2v) is 13.0. The summed E-state index contributed by atoms with van der Waals surface area (Å²) in [6.45, 7) is 5.92. The summed E-state index contributed by atoms with van der Waals surface area (Å²) >= 11 is 7.77. The first-order valence-electron chi connectivity index (χ1n) is 14.8. The summed E-state index contributed by atoms with van der Waals surface area (Å²) in [7, 11) is 4.48. The van der Waals surface area contributed by atoms with Crippen molar-refractivity contribution in [3.05, 3.63) is 57.7 Å². The van der Waals surface area contributed by atoms with Crippen molar-refractivity contribution in [2.24, 2.45) is 16.8 Å². The first-order chi connectivity index (χ1) is 20.6. The Morgan fingerprint density at radius 3 is 2.37 bits per heavy atom. The van der Waals surface area contributed by atoms with Crippen LogP contribution in [0.15, 0.2) is 35.3 Å². The normalized spacial score (nSPS) is 21.9. The molecule has 1 N–H and O–H groups in total. The van der Waals surface area contributed by atoms with E-state index in [-0.39, 0.29) is 12.5 Å². The first kappa shape index (κ1) is 31.3. The van der Waals surface area contributed by atoms with Crippen LogP contribution in [0.25, 0.3) is 10.9 Å². The molecule has 3 atom stereocenters. The molecular formula is C33H40ClN3O5S. The Labute approximate surface area is 262 Å². The Balaban J connectivity index is 0.000000537. The van der Waals surface area contributed by atoms with Crippen molar-refractivity contribution in [3.8, 4) is 11.5 Å². The fourth-order valence-corrected chi connectivity index (χ4v) is 7.86. The summed E-state index contributed by atoms with van der Waals surface area (Å²) in [6, 6.07) is 9.39. The van der Waals surface area contributed by atoms with E-state index in [0.29, 0.717) is 39.6 Å². The molecule has 1 amide bonds. The highest BCUT2D eigenvalue weighted by Gasteiger charge is 2.41. The third kappa shape index (κ3) is 6.38. The second kappa shape index (κ2) is 12.8. The van der Waals surface area contributed by atoms with E-state index in [2.05, 4.69) is 5.32 Å². The monoisotopic (exact) mass is 625 g/mol. The number of ether oxygens (including phenoxy) is 3. The van der Waals surface area contributed by atoms with E-state index in [9.17, 15) is 9.59 Å². The lowest BCUT2D eigenvalue weighted by molar-refractivity contribution is -0.141. The Morgan fingerprint density at radius 2 is 1.79 bits per heavy atom. The molecule has 2 aliphatic carbocycles. The quantitative estimate of drug-likeness (QED) is 0.283. The van der Waals surface area contributed by atoms with E-state index in [1.807, 2.05) is 39.0 Å². The molecule has 1 aromatic heterocycles. The van der Waals surface area contributed by atoms with Crippen molar-refractivity contribution >= 4 is 51.3 Å². The predicted octanol–water partition coefficient (Wildman–Crippen LogP) is 7.05. The van der Waals surface area contributed by atoms with Crippen molar-refractivity contribution in [2.45, 2.75) is 65.0 Å². The smallest absolute Gasteiger partial charge is 0.325 e. The number of aromatic nitrogens is 1.